The van der Waals surface area contributed by atoms with Gasteiger partial charge in [-0.1, -0.05) is 36.8 Å². The molecule has 0 aromatic heterocycles. The fourth-order valence-corrected chi connectivity index (χ4v) is 2.84. The lowest BCUT2D eigenvalue weighted by atomic mass is 9.95. The molecule has 1 fully saturated rings. The summed E-state index contributed by atoms with van der Waals surface area (Å²) in [6.07, 6.45) is 4.33. The van der Waals surface area contributed by atoms with Gasteiger partial charge in [0.05, 0.1) is 0 Å². The molecule has 2 rings (SSSR count). The van der Waals surface area contributed by atoms with E-state index in [2.05, 4.69) is 24.3 Å². The van der Waals surface area contributed by atoms with Crippen molar-refractivity contribution in [3.8, 4) is 0 Å². The van der Waals surface area contributed by atoms with Gasteiger partial charge in [0.15, 0.2) is 0 Å². The van der Waals surface area contributed by atoms with Gasteiger partial charge in [0.1, 0.15) is 5.60 Å². The Balaban J connectivity index is 1.96. The van der Waals surface area contributed by atoms with Gasteiger partial charge in [-0.2, -0.15) is 0 Å². The third-order valence-electron chi connectivity index (χ3n) is 3.79. The lowest BCUT2D eigenvalue weighted by Gasteiger charge is -2.28. The van der Waals surface area contributed by atoms with E-state index in [9.17, 15) is 4.79 Å². The van der Waals surface area contributed by atoms with Crippen molar-refractivity contribution in [2.45, 2.75) is 52.1 Å². The Morgan fingerprint density at radius 2 is 1.95 bits per heavy atom. The fraction of sp³-hybridized carbons (Fsp3) is 0.611. The van der Waals surface area contributed by atoms with Crippen LogP contribution in [0, 0.1) is 5.92 Å². The predicted molar refractivity (Wildman–Crippen MR) is 85.3 cm³/mol. The first kappa shape index (κ1) is 15.9. The smallest absolute Gasteiger partial charge is 0.410 e. The number of likely N-dealkylation sites (tertiary alicyclic amines) is 1. The maximum Gasteiger partial charge on any atom is 0.410 e. The average molecular weight is 289 g/mol. The Hall–Kier alpha value is -1.51. The number of ether oxygens (including phenoxy) is 1. The highest BCUT2D eigenvalue weighted by Crippen LogP contribution is 2.22. The van der Waals surface area contributed by atoms with E-state index in [4.69, 9.17) is 4.74 Å². The van der Waals surface area contributed by atoms with Crippen LogP contribution in [0.1, 0.15) is 45.6 Å². The number of amides is 1. The number of carbonyl (C=O) groups is 1. The summed E-state index contributed by atoms with van der Waals surface area (Å²) in [5, 5.41) is 0. The van der Waals surface area contributed by atoms with Gasteiger partial charge >= 0.3 is 6.09 Å². The van der Waals surface area contributed by atoms with Crippen molar-refractivity contribution in [3.63, 3.8) is 0 Å². The molecule has 116 valence electrons. The first-order valence-electron chi connectivity index (χ1n) is 7.96. The maximum absolute atomic E-state index is 12.3. The van der Waals surface area contributed by atoms with Crippen LogP contribution in [-0.2, 0) is 11.2 Å². The minimum absolute atomic E-state index is 0.164. The number of benzene rings is 1. The van der Waals surface area contributed by atoms with Gasteiger partial charge < -0.3 is 9.64 Å². The molecule has 1 aromatic carbocycles. The van der Waals surface area contributed by atoms with Gasteiger partial charge in [-0.25, -0.2) is 4.79 Å². The minimum atomic E-state index is -0.418. The summed E-state index contributed by atoms with van der Waals surface area (Å²) in [5.74, 6) is 0.530. The van der Waals surface area contributed by atoms with E-state index in [0.717, 1.165) is 25.9 Å². The SMILES string of the molecule is CC(C)(C)OC(=O)N1CCCCC(Cc2ccccc2)C1. The summed E-state index contributed by atoms with van der Waals surface area (Å²) < 4.78 is 5.52. The fourth-order valence-electron chi connectivity index (χ4n) is 2.84. The van der Waals surface area contributed by atoms with Crippen molar-refractivity contribution < 1.29 is 9.53 Å². The zero-order valence-corrected chi connectivity index (χ0v) is 13.5. The second kappa shape index (κ2) is 6.97. The van der Waals surface area contributed by atoms with Crippen LogP contribution in [0.5, 0.6) is 0 Å². The van der Waals surface area contributed by atoms with Crippen LogP contribution in [0.2, 0.25) is 0 Å². The molecule has 1 unspecified atom stereocenters. The molecule has 21 heavy (non-hydrogen) atoms. The van der Waals surface area contributed by atoms with Crippen LogP contribution in [0.25, 0.3) is 0 Å². The van der Waals surface area contributed by atoms with Gasteiger partial charge in [-0.3, -0.25) is 0 Å². The van der Waals surface area contributed by atoms with E-state index in [-0.39, 0.29) is 6.09 Å². The zero-order chi connectivity index (χ0) is 15.3. The quantitative estimate of drug-likeness (QED) is 0.814. The highest BCUT2D eigenvalue weighted by Gasteiger charge is 2.26. The molecule has 1 saturated heterocycles. The molecular weight excluding hydrogens is 262 g/mol. The summed E-state index contributed by atoms with van der Waals surface area (Å²) in [7, 11) is 0. The molecule has 1 atom stereocenters. The Morgan fingerprint density at radius 3 is 2.62 bits per heavy atom. The van der Waals surface area contributed by atoms with Crippen molar-refractivity contribution in [3.05, 3.63) is 35.9 Å². The Morgan fingerprint density at radius 1 is 1.24 bits per heavy atom. The molecule has 0 radical (unpaired) electrons. The molecule has 1 heterocycles. The van der Waals surface area contributed by atoms with Gasteiger partial charge in [0.2, 0.25) is 0 Å². The standard InChI is InChI=1S/C18H27NO2/c1-18(2,3)21-17(20)19-12-8-7-11-16(14-19)13-15-9-5-4-6-10-15/h4-6,9-10,16H,7-8,11-14H2,1-3H3. The molecule has 3 heteroatoms. The molecule has 0 N–H and O–H groups in total. The van der Waals surface area contributed by atoms with Crippen LogP contribution in [-0.4, -0.2) is 29.7 Å². The van der Waals surface area contributed by atoms with E-state index in [1.807, 2.05) is 31.7 Å². The first-order chi connectivity index (χ1) is 9.94. The average Bonchev–Trinajstić information content (AvgIpc) is 2.64. The second-order valence-corrected chi connectivity index (χ2v) is 6.98. The van der Waals surface area contributed by atoms with E-state index >= 15 is 0 Å². The molecule has 0 aliphatic carbocycles. The monoisotopic (exact) mass is 289 g/mol. The minimum Gasteiger partial charge on any atom is -0.444 e. The van der Waals surface area contributed by atoms with Crippen molar-refractivity contribution in [1.82, 2.24) is 4.90 Å². The summed E-state index contributed by atoms with van der Waals surface area (Å²) in [6.45, 7) is 7.39. The van der Waals surface area contributed by atoms with Crippen molar-refractivity contribution >= 4 is 6.09 Å². The molecule has 1 amide bonds. The van der Waals surface area contributed by atoms with E-state index in [0.29, 0.717) is 5.92 Å². The molecule has 1 aliphatic rings. The van der Waals surface area contributed by atoms with Gasteiger partial charge in [0, 0.05) is 13.1 Å². The van der Waals surface area contributed by atoms with Gasteiger partial charge in [-0.15, -0.1) is 0 Å². The van der Waals surface area contributed by atoms with Crippen LogP contribution in [0.4, 0.5) is 4.79 Å². The third-order valence-corrected chi connectivity index (χ3v) is 3.79. The van der Waals surface area contributed by atoms with Gasteiger partial charge in [0.25, 0.3) is 0 Å². The summed E-state index contributed by atoms with van der Waals surface area (Å²) in [6, 6.07) is 10.5. The lowest BCUT2D eigenvalue weighted by Crippen LogP contribution is -2.39. The number of carbonyl (C=O) groups excluding carboxylic acids is 1. The number of nitrogens with zero attached hydrogens (tertiary/aromatic N) is 1. The Kier molecular flexibility index (Phi) is 5.27. The molecular formula is C18H27NO2. The van der Waals surface area contributed by atoms with Crippen LogP contribution >= 0.6 is 0 Å². The molecule has 0 saturated carbocycles. The summed E-state index contributed by atoms with van der Waals surface area (Å²) in [4.78, 5) is 14.2. The molecule has 3 nitrogen and oxygen atoms in total. The van der Waals surface area contributed by atoms with E-state index in [1.54, 1.807) is 0 Å². The highest BCUT2D eigenvalue weighted by atomic mass is 16.6. The van der Waals surface area contributed by atoms with E-state index < -0.39 is 5.60 Å². The maximum atomic E-state index is 12.3. The van der Waals surface area contributed by atoms with Crippen molar-refractivity contribution in [2.24, 2.45) is 5.92 Å². The normalized spacial score (nSPS) is 20.0. The predicted octanol–water partition coefficient (Wildman–Crippen LogP) is 4.27. The number of hydrogen-bond acceptors (Lipinski definition) is 2. The lowest BCUT2D eigenvalue weighted by molar-refractivity contribution is 0.0234. The largest absolute Gasteiger partial charge is 0.444 e. The summed E-state index contributed by atoms with van der Waals surface area (Å²) >= 11 is 0. The van der Waals surface area contributed by atoms with E-state index in [1.165, 1.54) is 18.4 Å². The number of hydrogen-bond donors (Lipinski definition) is 0. The van der Waals surface area contributed by atoms with Crippen molar-refractivity contribution in [1.29, 1.82) is 0 Å². The Bertz CT molecular complexity index is 450. The number of rotatable bonds is 2. The van der Waals surface area contributed by atoms with Crippen LogP contribution < -0.4 is 0 Å². The van der Waals surface area contributed by atoms with Gasteiger partial charge in [-0.05, 0) is 51.5 Å². The molecule has 1 aliphatic heterocycles. The summed E-state index contributed by atoms with van der Waals surface area (Å²) in [5.41, 5.74) is 0.937. The zero-order valence-electron chi connectivity index (χ0n) is 13.5. The van der Waals surface area contributed by atoms with Crippen molar-refractivity contribution in [2.75, 3.05) is 13.1 Å². The topological polar surface area (TPSA) is 29.5 Å². The molecule has 1 aromatic rings. The first-order valence-corrected chi connectivity index (χ1v) is 7.96. The second-order valence-electron chi connectivity index (χ2n) is 6.98. The molecule has 0 spiro atoms. The third kappa shape index (κ3) is 5.41. The van der Waals surface area contributed by atoms with Crippen LogP contribution in [0.15, 0.2) is 30.3 Å². The Labute approximate surface area is 128 Å². The highest BCUT2D eigenvalue weighted by molar-refractivity contribution is 5.68. The molecule has 0 bridgehead atoms. The van der Waals surface area contributed by atoms with Crippen LogP contribution in [0.3, 0.4) is 0 Å².